The Morgan fingerprint density at radius 1 is 1.18 bits per heavy atom. The minimum atomic E-state index is -4.79. The van der Waals surface area contributed by atoms with E-state index in [4.69, 9.17) is 0 Å². The van der Waals surface area contributed by atoms with Crippen molar-refractivity contribution in [2.45, 2.75) is 43.8 Å². The molecule has 0 radical (unpaired) electrons. The van der Waals surface area contributed by atoms with Gasteiger partial charge in [-0.1, -0.05) is 36.4 Å². The zero-order chi connectivity index (χ0) is 24.8. The lowest BCUT2D eigenvalue weighted by atomic mass is 9.92. The minimum Gasteiger partial charge on any atom is -0.325 e. The number of urea groups is 1. The summed E-state index contributed by atoms with van der Waals surface area (Å²) in [5, 5.41) is 2.44. The summed E-state index contributed by atoms with van der Waals surface area (Å²) in [4.78, 5) is 39.8. The highest BCUT2D eigenvalue weighted by Crippen LogP contribution is 2.48. The molecular weight excluding hydrogens is 461 g/mol. The third kappa shape index (κ3) is 3.99. The van der Waals surface area contributed by atoms with Gasteiger partial charge in [0.15, 0.2) is 0 Å². The number of amides is 4. The topological polar surface area (TPSA) is 69.7 Å². The molecule has 6 nitrogen and oxygen atoms in total. The summed E-state index contributed by atoms with van der Waals surface area (Å²) in [5.41, 5.74) is -1.01. The molecule has 2 aliphatic rings. The molecule has 1 aliphatic carbocycles. The molecule has 2 aromatic carbocycles. The molecule has 4 rings (SSSR count). The van der Waals surface area contributed by atoms with Gasteiger partial charge < -0.3 is 10.2 Å². The standard InChI is InChI=1S/C23H20F5N3O3/c1-13(23(26,27)28)30(11-14-6-8-15(24)9-7-14)19(32)12-31-20(33)22(29-21(31)34)10-18(25)16-4-2-3-5-17(16)22/h2-9,13,18H,10-12H2,1H3,(H,29,34)/t13-,18?,22?/m0/s1. The maximum atomic E-state index is 14.6. The van der Waals surface area contributed by atoms with Gasteiger partial charge >= 0.3 is 12.2 Å². The average Bonchev–Trinajstić information content (AvgIpc) is 3.20. The Labute approximate surface area is 191 Å². The average molecular weight is 481 g/mol. The van der Waals surface area contributed by atoms with Crippen LogP contribution in [-0.4, -0.2) is 46.4 Å². The number of carbonyl (C=O) groups excluding carboxylic acids is 3. The molecule has 1 saturated heterocycles. The minimum absolute atomic E-state index is 0.226. The van der Waals surface area contributed by atoms with Gasteiger partial charge in [0.25, 0.3) is 5.91 Å². The van der Waals surface area contributed by atoms with Crippen molar-refractivity contribution in [1.29, 1.82) is 0 Å². The Balaban J connectivity index is 1.60. The van der Waals surface area contributed by atoms with Gasteiger partial charge in [0.1, 0.15) is 30.1 Å². The Morgan fingerprint density at radius 2 is 1.82 bits per heavy atom. The Morgan fingerprint density at radius 3 is 2.47 bits per heavy atom. The van der Waals surface area contributed by atoms with E-state index >= 15 is 0 Å². The van der Waals surface area contributed by atoms with Crippen molar-refractivity contribution in [3.63, 3.8) is 0 Å². The first kappa shape index (κ1) is 23.7. The molecule has 34 heavy (non-hydrogen) atoms. The summed E-state index contributed by atoms with van der Waals surface area (Å²) in [6.45, 7) is -0.715. The number of benzene rings is 2. The van der Waals surface area contributed by atoms with E-state index in [2.05, 4.69) is 5.32 Å². The van der Waals surface area contributed by atoms with Crippen LogP contribution >= 0.6 is 0 Å². The Bertz CT molecular complexity index is 1140. The highest BCUT2D eigenvalue weighted by Gasteiger charge is 2.58. The molecule has 1 spiro atoms. The first-order valence-electron chi connectivity index (χ1n) is 10.4. The Hall–Kier alpha value is -3.50. The number of carbonyl (C=O) groups is 3. The van der Waals surface area contributed by atoms with Crippen molar-refractivity contribution in [2.75, 3.05) is 6.54 Å². The van der Waals surface area contributed by atoms with E-state index < -0.39 is 60.7 Å². The van der Waals surface area contributed by atoms with Crippen LogP contribution in [0.25, 0.3) is 0 Å². The predicted octanol–water partition coefficient (Wildman–Crippen LogP) is 3.97. The fourth-order valence-corrected chi connectivity index (χ4v) is 4.37. The summed E-state index contributed by atoms with van der Waals surface area (Å²) >= 11 is 0. The van der Waals surface area contributed by atoms with E-state index in [-0.39, 0.29) is 23.1 Å². The summed E-state index contributed by atoms with van der Waals surface area (Å²) in [6, 6.07) is 7.44. The van der Waals surface area contributed by atoms with Crippen LogP contribution in [0, 0.1) is 5.82 Å². The summed E-state index contributed by atoms with van der Waals surface area (Å²) in [6.07, 6.45) is -6.70. The van der Waals surface area contributed by atoms with Crippen molar-refractivity contribution in [1.82, 2.24) is 15.1 Å². The lowest BCUT2D eigenvalue weighted by Gasteiger charge is -2.32. The third-order valence-electron chi connectivity index (χ3n) is 6.24. The van der Waals surface area contributed by atoms with Crippen molar-refractivity contribution in [3.8, 4) is 0 Å². The number of imide groups is 1. The zero-order valence-electron chi connectivity index (χ0n) is 17.9. The summed E-state index contributed by atoms with van der Waals surface area (Å²) in [5.74, 6) is -2.64. The van der Waals surface area contributed by atoms with Crippen molar-refractivity contribution < 1.29 is 36.3 Å². The number of rotatable bonds is 5. The molecule has 2 unspecified atom stereocenters. The number of nitrogens with one attached hydrogen (secondary N) is 1. The Kier molecular flexibility index (Phi) is 5.82. The highest BCUT2D eigenvalue weighted by molar-refractivity contribution is 6.10. The van der Waals surface area contributed by atoms with Crippen LogP contribution < -0.4 is 5.32 Å². The van der Waals surface area contributed by atoms with Crippen molar-refractivity contribution in [3.05, 3.63) is 71.0 Å². The van der Waals surface area contributed by atoms with Crippen LogP contribution in [0.2, 0.25) is 0 Å². The van der Waals surface area contributed by atoms with Crippen molar-refractivity contribution in [2.24, 2.45) is 0 Å². The molecule has 4 amide bonds. The number of nitrogens with zero attached hydrogens (tertiary/aromatic N) is 2. The largest absolute Gasteiger partial charge is 0.408 e. The lowest BCUT2D eigenvalue weighted by Crippen LogP contribution is -2.51. The first-order chi connectivity index (χ1) is 15.9. The first-order valence-corrected chi connectivity index (χ1v) is 10.4. The quantitative estimate of drug-likeness (QED) is 0.519. The van der Waals surface area contributed by atoms with Gasteiger partial charge in [0, 0.05) is 13.0 Å². The molecular formula is C23H20F5N3O3. The number of hydrogen-bond donors (Lipinski definition) is 1. The normalized spacial score (nSPS) is 22.6. The van der Waals surface area contributed by atoms with Crippen LogP contribution in [0.3, 0.4) is 0 Å². The second kappa shape index (κ2) is 8.37. The number of halogens is 5. The van der Waals surface area contributed by atoms with Crippen LogP contribution in [0.5, 0.6) is 0 Å². The molecule has 0 saturated carbocycles. The maximum absolute atomic E-state index is 14.6. The van der Waals surface area contributed by atoms with Gasteiger partial charge in [-0.2, -0.15) is 13.2 Å². The van der Waals surface area contributed by atoms with E-state index in [1.54, 1.807) is 12.1 Å². The second-order valence-corrected chi connectivity index (χ2v) is 8.35. The zero-order valence-corrected chi connectivity index (χ0v) is 17.9. The van der Waals surface area contributed by atoms with Crippen LogP contribution in [0.1, 0.15) is 36.2 Å². The molecule has 3 atom stereocenters. The fraction of sp³-hybridized carbons (Fsp3) is 0.348. The molecule has 180 valence electrons. The highest BCUT2D eigenvalue weighted by atomic mass is 19.4. The number of alkyl halides is 4. The lowest BCUT2D eigenvalue weighted by molar-refractivity contribution is -0.187. The van der Waals surface area contributed by atoms with Gasteiger partial charge in [-0.3, -0.25) is 14.5 Å². The van der Waals surface area contributed by atoms with E-state index in [0.717, 1.165) is 19.1 Å². The van der Waals surface area contributed by atoms with E-state index in [9.17, 15) is 36.3 Å². The molecule has 1 N–H and O–H groups in total. The second-order valence-electron chi connectivity index (χ2n) is 8.35. The summed E-state index contributed by atoms with van der Waals surface area (Å²) in [7, 11) is 0. The van der Waals surface area contributed by atoms with Crippen molar-refractivity contribution >= 4 is 17.8 Å². The summed E-state index contributed by atoms with van der Waals surface area (Å²) < 4.78 is 68.2. The molecule has 1 aliphatic heterocycles. The number of fused-ring (bicyclic) bond motifs is 2. The van der Waals surface area contributed by atoms with Crippen LogP contribution in [0.15, 0.2) is 48.5 Å². The smallest absolute Gasteiger partial charge is 0.325 e. The van der Waals surface area contributed by atoms with Gasteiger partial charge in [-0.15, -0.1) is 0 Å². The molecule has 11 heteroatoms. The maximum Gasteiger partial charge on any atom is 0.408 e. The van der Waals surface area contributed by atoms with E-state index in [1.807, 2.05) is 0 Å². The molecule has 0 bridgehead atoms. The van der Waals surface area contributed by atoms with E-state index in [0.29, 0.717) is 9.80 Å². The molecule has 1 heterocycles. The molecule has 0 aromatic heterocycles. The molecule has 1 fully saturated rings. The van der Waals surface area contributed by atoms with Gasteiger partial charge in [-0.05, 0) is 35.7 Å². The fourth-order valence-electron chi connectivity index (χ4n) is 4.37. The van der Waals surface area contributed by atoms with E-state index in [1.165, 1.54) is 24.3 Å². The van der Waals surface area contributed by atoms with Crippen LogP contribution in [-0.2, 0) is 21.7 Å². The van der Waals surface area contributed by atoms with Crippen LogP contribution in [0.4, 0.5) is 26.7 Å². The van der Waals surface area contributed by atoms with Gasteiger partial charge in [0.05, 0.1) is 0 Å². The van der Waals surface area contributed by atoms with Gasteiger partial charge in [-0.25, -0.2) is 13.6 Å². The van der Waals surface area contributed by atoms with Gasteiger partial charge in [0.2, 0.25) is 5.91 Å². The predicted molar refractivity (Wildman–Crippen MR) is 109 cm³/mol. The molecule has 2 aromatic rings. The third-order valence-corrected chi connectivity index (χ3v) is 6.24. The SMILES string of the molecule is C[C@H](N(Cc1ccc(F)cc1)C(=O)CN1C(=O)NC2(CC(F)c3ccccc32)C1=O)C(F)(F)F. The number of hydrogen-bond acceptors (Lipinski definition) is 3. The monoisotopic (exact) mass is 481 g/mol.